The molecule has 1 amide bonds. The highest BCUT2D eigenvalue weighted by Crippen LogP contribution is 2.25. The van der Waals surface area contributed by atoms with Crippen LogP contribution in [0.2, 0.25) is 0 Å². The standard InChI is InChI=1S/C20H20N4O2/c1-14-9-11-24-19(22-14)17(13-21-24)20(26)23-10-5-8-16(23)12-18(25)15-6-3-2-4-7-15/h2-4,6-7,9,11,13,16H,5,8,10,12H2,1H3/t16-/m0/s1. The molecule has 4 rings (SSSR count). The fraction of sp³-hybridized carbons (Fsp3) is 0.300. The van der Waals surface area contributed by atoms with Gasteiger partial charge in [-0.05, 0) is 25.8 Å². The van der Waals surface area contributed by atoms with Crippen molar-refractivity contribution in [1.29, 1.82) is 0 Å². The van der Waals surface area contributed by atoms with Crippen molar-refractivity contribution in [3.63, 3.8) is 0 Å². The summed E-state index contributed by atoms with van der Waals surface area (Å²) < 4.78 is 1.61. The SMILES string of the molecule is Cc1ccn2ncc(C(=O)N3CCC[C@H]3CC(=O)c3ccccc3)c2n1. The number of hydrogen-bond donors (Lipinski definition) is 0. The van der Waals surface area contributed by atoms with E-state index in [9.17, 15) is 9.59 Å². The summed E-state index contributed by atoms with van der Waals surface area (Å²) in [5.41, 5.74) is 2.59. The molecule has 0 bridgehead atoms. The highest BCUT2D eigenvalue weighted by atomic mass is 16.2. The largest absolute Gasteiger partial charge is 0.335 e. The lowest BCUT2D eigenvalue weighted by atomic mass is 10.0. The van der Waals surface area contributed by atoms with E-state index in [4.69, 9.17) is 0 Å². The molecule has 2 aromatic heterocycles. The van der Waals surface area contributed by atoms with Gasteiger partial charge < -0.3 is 4.90 Å². The van der Waals surface area contributed by atoms with Crippen molar-refractivity contribution < 1.29 is 9.59 Å². The summed E-state index contributed by atoms with van der Waals surface area (Å²) in [6, 6.07) is 11.0. The number of benzene rings is 1. The number of aromatic nitrogens is 3. The zero-order valence-electron chi connectivity index (χ0n) is 14.6. The first kappa shape index (κ1) is 16.4. The zero-order valence-corrected chi connectivity index (χ0v) is 14.6. The van der Waals surface area contributed by atoms with E-state index in [2.05, 4.69) is 10.1 Å². The van der Waals surface area contributed by atoms with Gasteiger partial charge in [-0.15, -0.1) is 0 Å². The van der Waals surface area contributed by atoms with Crippen molar-refractivity contribution in [3.8, 4) is 0 Å². The molecule has 26 heavy (non-hydrogen) atoms. The number of aryl methyl sites for hydroxylation is 1. The third-order valence-corrected chi connectivity index (χ3v) is 4.89. The Hall–Kier alpha value is -3.02. The number of hydrogen-bond acceptors (Lipinski definition) is 4. The topological polar surface area (TPSA) is 67.6 Å². The quantitative estimate of drug-likeness (QED) is 0.680. The molecule has 0 aliphatic carbocycles. The maximum absolute atomic E-state index is 13.1. The van der Waals surface area contributed by atoms with Gasteiger partial charge >= 0.3 is 0 Å². The normalized spacial score (nSPS) is 17.0. The average Bonchev–Trinajstić information content (AvgIpc) is 3.28. The molecule has 1 saturated heterocycles. The monoisotopic (exact) mass is 348 g/mol. The van der Waals surface area contributed by atoms with Crippen LogP contribution in [0, 0.1) is 6.92 Å². The molecule has 1 atom stereocenters. The molecule has 1 fully saturated rings. The number of rotatable bonds is 4. The van der Waals surface area contributed by atoms with Gasteiger partial charge in [-0.25, -0.2) is 9.50 Å². The minimum atomic E-state index is -0.0959. The van der Waals surface area contributed by atoms with Gasteiger partial charge in [0.15, 0.2) is 11.4 Å². The summed E-state index contributed by atoms with van der Waals surface area (Å²) in [5, 5.41) is 4.23. The third-order valence-electron chi connectivity index (χ3n) is 4.89. The Labute approximate surface area is 151 Å². The molecular formula is C20H20N4O2. The van der Waals surface area contributed by atoms with Crippen molar-refractivity contribution >= 4 is 17.3 Å². The second-order valence-corrected chi connectivity index (χ2v) is 6.68. The number of carbonyl (C=O) groups excluding carboxylic acids is 2. The predicted octanol–water partition coefficient (Wildman–Crippen LogP) is 2.92. The molecule has 3 heterocycles. The fourth-order valence-corrected chi connectivity index (χ4v) is 3.54. The molecule has 1 aliphatic rings. The van der Waals surface area contributed by atoms with Gasteiger partial charge in [0.25, 0.3) is 5.91 Å². The third kappa shape index (κ3) is 2.98. The Morgan fingerprint density at radius 3 is 2.81 bits per heavy atom. The van der Waals surface area contributed by atoms with Crippen molar-refractivity contribution in [3.05, 3.63) is 65.6 Å². The van der Waals surface area contributed by atoms with Crippen LogP contribution in [-0.2, 0) is 0 Å². The number of fused-ring (bicyclic) bond motifs is 1. The van der Waals surface area contributed by atoms with E-state index in [0.29, 0.717) is 29.7 Å². The summed E-state index contributed by atoms with van der Waals surface area (Å²) in [4.78, 5) is 31.9. The smallest absolute Gasteiger partial charge is 0.259 e. The number of amides is 1. The van der Waals surface area contributed by atoms with Crippen LogP contribution in [0.25, 0.3) is 5.65 Å². The Morgan fingerprint density at radius 2 is 2.00 bits per heavy atom. The maximum Gasteiger partial charge on any atom is 0.259 e. The van der Waals surface area contributed by atoms with Gasteiger partial charge in [-0.1, -0.05) is 30.3 Å². The number of nitrogens with zero attached hydrogens (tertiary/aromatic N) is 4. The number of carbonyl (C=O) groups is 2. The van der Waals surface area contributed by atoms with E-state index in [1.165, 1.54) is 0 Å². The van der Waals surface area contributed by atoms with Crippen molar-refractivity contribution in [1.82, 2.24) is 19.5 Å². The molecule has 1 aliphatic heterocycles. The van der Waals surface area contributed by atoms with Gasteiger partial charge in [0.05, 0.1) is 6.20 Å². The molecule has 0 radical (unpaired) electrons. The second-order valence-electron chi connectivity index (χ2n) is 6.68. The van der Waals surface area contributed by atoms with Crippen LogP contribution in [-0.4, -0.2) is 43.8 Å². The highest BCUT2D eigenvalue weighted by Gasteiger charge is 2.32. The molecular weight excluding hydrogens is 328 g/mol. The minimum Gasteiger partial charge on any atom is -0.335 e. The maximum atomic E-state index is 13.1. The van der Waals surface area contributed by atoms with Gasteiger partial charge in [0.2, 0.25) is 0 Å². The second kappa shape index (κ2) is 6.71. The average molecular weight is 348 g/mol. The van der Waals surface area contributed by atoms with Crippen LogP contribution in [0.1, 0.15) is 45.7 Å². The molecule has 6 heteroatoms. The Balaban J connectivity index is 1.57. The Bertz CT molecular complexity index is 964. The lowest BCUT2D eigenvalue weighted by Crippen LogP contribution is -2.36. The first-order valence-electron chi connectivity index (χ1n) is 8.83. The zero-order chi connectivity index (χ0) is 18.1. The van der Waals surface area contributed by atoms with E-state index in [-0.39, 0.29) is 17.7 Å². The Kier molecular flexibility index (Phi) is 4.24. The van der Waals surface area contributed by atoms with Crippen LogP contribution in [0.15, 0.2) is 48.8 Å². The van der Waals surface area contributed by atoms with Crippen molar-refractivity contribution in [2.24, 2.45) is 0 Å². The van der Waals surface area contributed by atoms with E-state index in [1.54, 1.807) is 16.9 Å². The van der Waals surface area contributed by atoms with Crippen LogP contribution in [0.5, 0.6) is 0 Å². The van der Waals surface area contributed by atoms with Crippen molar-refractivity contribution in [2.45, 2.75) is 32.2 Å². The van der Waals surface area contributed by atoms with E-state index < -0.39 is 0 Å². The number of Topliss-reactive ketones (excluding diaryl/α,β-unsaturated/α-hetero) is 1. The molecule has 0 N–H and O–H groups in total. The summed E-state index contributed by atoms with van der Waals surface area (Å²) in [6.07, 6.45) is 5.47. The molecule has 3 aromatic rings. The van der Waals surface area contributed by atoms with Gasteiger partial charge in [0, 0.05) is 36.5 Å². The summed E-state index contributed by atoms with van der Waals surface area (Å²) >= 11 is 0. The van der Waals surface area contributed by atoms with Gasteiger partial charge in [-0.2, -0.15) is 5.10 Å². The lowest BCUT2D eigenvalue weighted by Gasteiger charge is -2.24. The lowest BCUT2D eigenvalue weighted by molar-refractivity contribution is 0.0718. The van der Waals surface area contributed by atoms with E-state index in [0.717, 1.165) is 18.5 Å². The van der Waals surface area contributed by atoms with Gasteiger partial charge in [-0.3, -0.25) is 9.59 Å². The molecule has 1 aromatic carbocycles. The first-order valence-corrected chi connectivity index (χ1v) is 8.83. The molecule has 0 spiro atoms. The molecule has 0 unspecified atom stereocenters. The first-order chi connectivity index (χ1) is 12.6. The van der Waals surface area contributed by atoms with Crippen LogP contribution in [0.3, 0.4) is 0 Å². The Morgan fingerprint density at radius 1 is 1.19 bits per heavy atom. The number of ketones is 1. The highest BCUT2D eigenvalue weighted by molar-refractivity contribution is 6.01. The van der Waals surface area contributed by atoms with E-state index >= 15 is 0 Å². The summed E-state index contributed by atoms with van der Waals surface area (Å²) in [5.74, 6) is -0.0226. The summed E-state index contributed by atoms with van der Waals surface area (Å²) in [6.45, 7) is 2.55. The predicted molar refractivity (Wildman–Crippen MR) is 97.2 cm³/mol. The fourth-order valence-electron chi connectivity index (χ4n) is 3.54. The van der Waals surface area contributed by atoms with Crippen LogP contribution < -0.4 is 0 Å². The molecule has 0 saturated carbocycles. The summed E-state index contributed by atoms with van der Waals surface area (Å²) in [7, 11) is 0. The molecule has 132 valence electrons. The van der Waals surface area contributed by atoms with Crippen molar-refractivity contribution in [2.75, 3.05) is 6.54 Å². The number of likely N-dealkylation sites (tertiary alicyclic amines) is 1. The van der Waals surface area contributed by atoms with E-state index in [1.807, 2.05) is 48.2 Å². The molecule has 6 nitrogen and oxygen atoms in total. The van der Waals surface area contributed by atoms with Gasteiger partial charge in [0.1, 0.15) is 5.56 Å². The van der Waals surface area contributed by atoms with Crippen LogP contribution in [0.4, 0.5) is 0 Å². The van der Waals surface area contributed by atoms with Crippen LogP contribution >= 0.6 is 0 Å². The minimum absolute atomic E-state index is 0.0733.